The van der Waals surface area contributed by atoms with E-state index in [9.17, 15) is 18.3 Å². The van der Waals surface area contributed by atoms with Gasteiger partial charge in [-0.3, -0.25) is 4.79 Å². The zero-order valence-corrected chi connectivity index (χ0v) is 26.7. The summed E-state index contributed by atoms with van der Waals surface area (Å²) < 4.78 is 34.5. The van der Waals surface area contributed by atoms with Gasteiger partial charge < -0.3 is 14.7 Å². The number of halogens is 1. The number of nitrogens with zero attached hydrogens (tertiary/aromatic N) is 1. The highest BCUT2D eigenvalue weighted by Crippen LogP contribution is 2.46. The molecule has 0 bridgehead atoms. The topological polar surface area (TPSA) is 95.9 Å². The molecule has 232 valence electrons. The van der Waals surface area contributed by atoms with Crippen LogP contribution in [-0.2, 0) is 21.9 Å². The van der Waals surface area contributed by atoms with E-state index in [1.165, 1.54) is 11.1 Å². The number of aliphatic hydroxyl groups is 1. The minimum absolute atomic E-state index is 0.00641. The van der Waals surface area contributed by atoms with Crippen molar-refractivity contribution in [2.75, 3.05) is 30.3 Å². The van der Waals surface area contributed by atoms with Gasteiger partial charge in [0.15, 0.2) is 0 Å². The fourth-order valence-corrected chi connectivity index (χ4v) is 8.63. The summed E-state index contributed by atoms with van der Waals surface area (Å²) in [6, 6.07) is 11.3. The number of hydrogen-bond donors (Lipinski definition) is 2. The molecule has 1 heterocycles. The van der Waals surface area contributed by atoms with Gasteiger partial charge in [0.25, 0.3) is 5.91 Å². The van der Waals surface area contributed by atoms with Gasteiger partial charge >= 0.3 is 0 Å². The van der Waals surface area contributed by atoms with E-state index in [4.69, 9.17) is 16.3 Å². The number of sulfonamides is 1. The fraction of sp³-hybridized carbons (Fsp3) is 0.500. The molecule has 1 amide bonds. The van der Waals surface area contributed by atoms with E-state index in [0.717, 1.165) is 42.8 Å². The number of carbonyl (C=O) groups excluding carboxylic acids is 1. The van der Waals surface area contributed by atoms with E-state index in [0.29, 0.717) is 25.4 Å². The normalized spacial score (nSPS) is 25.2. The molecule has 1 spiro atoms. The van der Waals surface area contributed by atoms with Gasteiger partial charge in [0.05, 0.1) is 24.2 Å². The third-order valence-corrected chi connectivity index (χ3v) is 11.6. The lowest BCUT2D eigenvalue weighted by Gasteiger charge is -2.45. The number of fused-ring (bicyclic) bond motifs is 3. The Bertz CT molecular complexity index is 1490. The Morgan fingerprint density at radius 3 is 2.70 bits per heavy atom. The van der Waals surface area contributed by atoms with Crippen molar-refractivity contribution >= 4 is 33.2 Å². The van der Waals surface area contributed by atoms with Crippen LogP contribution < -0.4 is 14.4 Å². The highest BCUT2D eigenvalue weighted by atomic mass is 35.5. The number of aryl methyl sites for hydroxylation is 1. The average Bonchev–Trinajstić information content (AvgIpc) is 3.11. The van der Waals surface area contributed by atoms with Crippen LogP contribution in [0.4, 0.5) is 5.69 Å². The predicted molar refractivity (Wildman–Crippen MR) is 172 cm³/mol. The summed E-state index contributed by atoms with van der Waals surface area (Å²) in [5, 5.41) is 11.3. The Labute approximate surface area is 261 Å². The van der Waals surface area contributed by atoms with E-state index in [-0.39, 0.29) is 40.4 Å². The van der Waals surface area contributed by atoms with Crippen LogP contribution in [0, 0.1) is 23.7 Å². The van der Waals surface area contributed by atoms with Crippen molar-refractivity contribution in [1.29, 1.82) is 0 Å². The number of anilines is 1. The molecule has 0 saturated heterocycles. The molecule has 1 aliphatic heterocycles. The van der Waals surface area contributed by atoms with Crippen LogP contribution in [0.2, 0.25) is 5.02 Å². The molecule has 7 nitrogen and oxygen atoms in total. The quantitative estimate of drug-likeness (QED) is 0.319. The second-order valence-corrected chi connectivity index (χ2v) is 15.0. The van der Waals surface area contributed by atoms with Gasteiger partial charge in [-0.1, -0.05) is 43.7 Å². The van der Waals surface area contributed by atoms with E-state index >= 15 is 0 Å². The van der Waals surface area contributed by atoms with Crippen molar-refractivity contribution in [1.82, 2.24) is 4.72 Å². The van der Waals surface area contributed by atoms with Gasteiger partial charge in [0.1, 0.15) is 5.75 Å². The second kappa shape index (κ2) is 12.7. The summed E-state index contributed by atoms with van der Waals surface area (Å²) >= 11 is 6.38. The Morgan fingerprint density at radius 2 is 2.00 bits per heavy atom. The summed E-state index contributed by atoms with van der Waals surface area (Å²) in [6.07, 6.45) is 7.60. The maximum Gasteiger partial charge on any atom is 0.264 e. The number of amides is 1. The number of benzene rings is 2. The highest BCUT2D eigenvalue weighted by Gasteiger charge is 2.44. The van der Waals surface area contributed by atoms with Crippen molar-refractivity contribution in [3.63, 3.8) is 0 Å². The smallest absolute Gasteiger partial charge is 0.264 e. The molecule has 3 unspecified atom stereocenters. The summed E-state index contributed by atoms with van der Waals surface area (Å²) in [4.78, 5) is 15.6. The third kappa shape index (κ3) is 6.66. The summed E-state index contributed by atoms with van der Waals surface area (Å²) in [5.74, 6) is -0.0113. The summed E-state index contributed by atoms with van der Waals surface area (Å²) in [7, 11) is -3.86. The Hall–Kier alpha value is -2.81. The number of carbonyl (C=O) groups is 1. The highest BCUT2D eigenvalue weighted by molar-refractivity contribution is 7.90. The molecule has 0 aromatic heterocycles. The number of rotatable bonds is 10. The molecular weight excluding hydrogens is 584 g/mol. The van der Waals surface area contributed by atoms with Crippen LogP contribution in [0.1, 0.15) is 61.0 Å². The van der Waals surface area contributed by atoms with Crippen molar-refractivity contribution in [3.8, 4) is 5.75 Å². The minimum Gasteiger partial charge on any atom is -0.490 e. The maximum atomic E-state index is 13.3. The average molecular weight is 627 g/mol. The molecule has 2 N–H and O–H groups in total. The van der Waals surface area contributed by atoms with Crippen molar-refractivity contribution in [2.24, 2.45) is 23.7 Å². The van der Waals surface area contributed by atoms with Crippen molar-refractivity contribution in [2.45, 2.75) is 57.5 Å². The van der Waals surface area contributed by atoms with Crippen LogP contribution >= 0.6 is 11.6 Å². The number of nitrogens with one attached hydrogen (secondary N) is 1. The van der Waals surface area contributed by atoms with E-state index in [1.807, 2.05) is 19.9 Å². The first-order valence-corrected chi connectivity index (χ1v) is 17.3. The van der Waals surface area contributed by atoms with E-state index in [1.54, 1.807) is 30.4 Å². The first-order chi connectivity index (χ1) is 20.4. The molecule has 1 saturated carbocycles. The maximum absolute atomic E-state index is 13.3. The second-order valence-electron chi connectivity index (χ2n) is 12.8. The van der Waals surface area contributed by atoms with Crippen LogP contribution in [0.25, 0.3) is 0 Å². The molecular formula is C34H43ClN2O5S. The minimum atomic E-state index is -3.86. The number of aliphatic hydroxyl groups excluding tert-OH is 1. The zero-order valence-electron chi connectivity index (χ0n) is 25.1. The Balaban J connectivity index is 1.47. The number of ether oxygens (including phenoxy) is 1. The van der Waals surface area contributed by atoms with Crippen LogP contribution in [0.5, 0.6) is 5.75 Å². The number of hydrogen-bond acceptors (Lipinski definition) is 6. The molecule has 6 atom stereocenters. The molecule has 2 aromatic rings. The van der Waals surface area contributed by atoms with Crippen LogP contribution in [0.3, 0.4) is 0 Å². The summed E-state index contributed by atoms with van der Waals surface area (Å²) in [6.45, 7) is 13.1. The van der Waals surface area contributed by atoms with E-state index in [2.05, 4.69) is 34.9 Å². The lowest BCUT2D eigenvalue weighted by Crippen LogP contribution is -2.49. The van der Waals surface area contributed by atoms with Gasteiger partial charge in [-0.15, -0.1) is 13.2 Å². The van der Waals surface area contributed by atoms with E-state index < -0.39 is 22.0 Å². The first kappa shape index (κ1) is 31.6. The molecule has 3 aliphatic rings. The summed E-state index contributed by atoms with van der Waals surface area (Å²) in [5.41, 5.74) is 3.21. The van der Waals surface area contributed by atoms with Gasteiger partial charge in [0, 0.05) is 29.1 Å². The molecule has 43 heavy (non-hydrogen) atoms. The Kier molecular flexibility index (Phi) is 9.31. The lowest BCUT2D eigenvalue weighted by molar-refractivity contribution is 0.0460. The van der Waals surface area contributed by atoms with Crippen molar-refractivity contribution in [3.05, 3.63) is 83.4 Å². The molecule has 2 aliphatic carbocycles. The Morgan fingerprint density at radius 1 is 1.21 bits per heavy atom. The fourth-order valence-electron chi connectivity index (χ4n) is 6.96. The standard InChI is InChI=1S/C34H43ClN2O5S/c1-5-22(3)23(4)19-43(40,41)36-33(39)25-10-14-32-30(17-25)37(18-26-9-12-28(26)31(38)6-2)20-34(21-42-32)15-7-8-24-16-27(35)11-13-29(24)34/h5-6,10-11,13-14,16-17,22-23,26,28,31,38H,1-2,7-9,12,15,18-21H2,3-4H3,(H,36,39)/t22?,23?,26-,28+,31?,34-/m0/s1. The zero-order chi connectivity index (χ0) is 30.9. The SMILES string of the molecule is C=CC(C)C(C)CS(=O)(=O)NC(=O)c1ccc2c(c1)N(C[C@@H]1CC[C@H]1C(O)C=C)C[C@@]1(CCCc3cc(Cl)ccc31)CO2. The molecule has 2 aromatic carbocycles. The lowest BCUT2D eigenvalue weighted by atomic mass is 9.68. The van der Waals surface area contributed by atoms with Gasteiger partial charge in [0.2, 0.25) is 10.0 Å². The molecule has 5 rings (SSSR count). The molecule has 0 radical (unpaired) electrons. The van der Waals surface area contributed by atoms with Crippen molar-refractivity contribution < 1.29 is 23.1 Å². The third-order valence-electron chi connectivity index (χ3n) is 9.91. The largest absolute Gasteiger partial charge is 0.490 e. The predicted octanol–water partition coefficient (Wildman–Crippen LogP) is 5.90. The van der Waals surface area contributed by atoms with Crippen LogP contribution in [-0.4, -0.2) is 51.0 Å². The van der Waals surface area contributed by atoms with Crippen LogP contribution in [0.15, 0.2) is 61.7 Å². The van der Waals surface area contributed by atoms with Gasteiger partial charge in [-0.25, -0.2) is 13.1 Å². The number of allylic oxidation sites excluding steroid dienone is 1. The molecule has 9 heteroatoms. The van der Waals surface area contributed by atoms with Gasteiger partial charge in [-0.2, -0.15) is 0 Å². The first-order valence-electron chi connectivity index (χ1n) is 15.2. The van der Waals surface area contributed by atoms with Gasteiger partial charge in [-0.05, 0) is 97.2 Å². The molecule has 1 fully saturated rings. The monoisotopic (exact) mass is 626 g/mol.